The van der Waals surface area contributed by atoms with Gasteiger partial charge in [-0.2, -0.15) is 13.2 Å². The van der Waals surface area contributed by atoms with Gasteiger partial charge in [-0.1, -0.05) is 49.4 Å². The third kappa shape index (κ3) is 10.1. The van der Waals surface area contributed by atoms with Gasteiger partial charge < -0.3 is 20.1 Å². The van der Waals surface area contributed by atoms with Crippen molar-refractivity contribution in [2.24, 2.45) is 4.99 Å². The predicted molar refractivity (Wildman–Crippen MR) is 132 cm³/mol. The van der Waals surface area contributed by atoms with Gasteiger partial charge in [0.1, 0.15) is 12.4 Å². The lowest BCUT2D eigenvalue weighted by Gasteiger charge is -2.18. The van der Waals surface area contributed by atoms with Crippen molar-refractivity contribution in [3.05, 3.63) is 65.2 Å². The fourth-order valence-electron chi connectivity index (χ4n) is 2.97. The maximum Gasteiger partial charge on any atom is 0.411 e. The van der Waals surface area contributed by atoms with Crippen molar-refractivity contribution in [3.8, 4) is 5.75 Å². The molecule has 0 aliphatic carbocycles. The summed E-state index contributed by atoms with van der Waals surface area (Å²) in [5.74, 6) is 1.77. The third-order valence-electron chi connectivity index (χ3n) is 4.57. The maximum atomic E-state index is 12.2. The van der Waals surface area contributed by atoms with Crippen molar-refractivity contribution < 1.29 is 22.6 Å². The monoisotopic (exact) mass is 565 g/mol. The third-order valence-corrected chi connectivity index (χ3v) is 4.57. The fraction of sp³-hybridized carbons (Fsp3) is 0.435. The van der Waals surface area contributed by atoms with E-state index in [1.54, 1.807) is 19.2 Å². The minimum Gasteiger partial charge on any atom is -0.496 e. The van der Waals surface area contributed by atoms with Crippen molar-refractivity contribution in [1.29, 1.82) is 0 Å². The molecule has 0 heterocycles. The Balaban J connectivity index is 0.00000512. The summed E-state index contributed by atoms with van der Waals surface area (Å²) in [7, 11) is 1.66. The number of hydrogen-bond acceptors (Lipinski definition) is 3. The highest BCUT2D eigenvalue weighted by atomic mass is 127. The van der Waals surface area contributed by atoms with E-state index < -0.39 is 12.8 Å². The summed E-state index contributed by atoms with van der Waals surface area (Å²) in [5, 5.41) is 6.57. The second-order valence-electron chi connectivity index (χ2n) is 7.14. The summed E-state index contributed by atoms with van der Waals surface area (Å²) in [6.45, 7) is 4.65. The quantitative estimate of drug-likeness (QED) is 0.235. The Morgan fingerprint density at radius 1 is 1.03 bits per heavy atom. The summed E-state index contributed by atoms with van der Waals surface area (Å²) >= 11 is 0. The highest BCUT2D eigenvalue weighted by molar-refractivity contribution is 14.0. The largest absolute Gasteiger partial charge is 0.496 e. The molecule has 32 heavy (non-hydrogen) atoms. The van der Waals surface area contributed by atoms with Gasteiger partial charge in [0.25, 0.3) is 0 Å². The molecular formula is C23H31F3IN3O2. The number of nitrogens with one attached hydrogen (secondary N) is 2. The van der Waals surface area contributed by atoms with Crippen LogP contribution in [0.5, 0.6) is 5.75 Å². The zero-order valence-electron chi connectivity index (χ0n) is 18.5. The highest BCUT2D eigenvalue weighted by Gasteiger charge is 2.27. The Kier molecular flexibility index (Phi) is 12.4. The van der Waals surface area contributed by atoms with Crippen LogP contribution < -0.4 is 15.4 Å². The number of benzene rings is 2. The van der Waals surface area contributed by atoms with Gasteiger partial charge in [-0.05, 0) is 29.7 Å². The van der Waals surface area contributed by atoms with Crippen LogP contribution in [0, 0.1) is 0 Å². The van der Waals surface area contributed by atoms with Crippen molar-refractivity contribution >= 4 is 29.9 Å². The molecule has 178 valence electrons. The Hall–Kier alpha value is -2.01. The number of guanidine groups is 1. The first-order chi connectivity index (χ1) is 14.8. The minimum absolute atomic E-state index is 0. The first-order valence-corrected chi connectivity index (χ1v) is 10.2. The number of alkyl halides is 3. The lowest BCUT2D eigenvalue weighted by molar-refractivity contribution is -0.176. The molecule has 0 amide bonds. The molecular weight excluding hydrogens is 534 g/mol. The van der Waals surface area contributed by atoms with Gasteiger partial charge in [0.2, 0.25) is 0 Å². The number of para-hydroxylation sites is 1. The molecule has 0 saturated carbocycles. The molecule has 0 aliphatic heterocycles. The summed E-state index contributed by atoms with van der Waals surface area (Å²) in [6.07, 6.45) is -4.31. The van der Waals surface area contributed by atoms with Crippen LogP contribution in [0.25, 0.3) is 0 Å². The zero-order chi connectivity index (χ0) is 22.7. The molecule has 0 spiro atoms. The summed E-state index contributed by atoms with van der Waals surface area (Å²) in [6, 6.07) is 15.1. The first kappa shape index (κ1) is 28.0. The van der Waals surface area contributed by atoms with E-state index in [1.165, 1.54) is 0 Å². The fourth-order valence-corrected chi connectivity index (χ4v) is 2.97. The molecule has 0 radical (unpaired) electrons. The summed E-state index contributed by atoms with van der Waals surface area (Å²) in [4.78, 5) is 4.60. The van der Waals surface area contributed by atoms with E-state index in [1.807, 2.05) is 37.3 Å². The van der Waals surface area contributed by atoms with Crippen LogP contribution in [-0.4, -0.2) is 38.9 Å². The lowest BCUT2D eigenvalue weighted by Crippen LogP contribution is -2.39. The topological polar surface area (TPSA) is 54.9 Å². The Labute approximate surface area is 204 Å². The molecule has 2 rings (SSSR count). The molecule has 5 nitrogen and oxygen atoms in total. The molecule has 2 aromatic carbocycles. The van der Waals surface area contributed by atoms with Gasteiger partial charge in [0, 0.05) is 19.0 Å². The van der Waals surface area contributed by atoms with E-state index in [0.29, 0.717) is 24.6 Å². The average Bonchev–Trinajstić information content (AvgIpc) is 2.75. The number of halogens is 4. The molecule has 0 saturated heterocycles. The van der Waals surface area contributed by atoms with E-state index in [9.17, 15) is 13.2 Å². The van der Waals surface area contributed by atoms with Crippen LogP contribution in [0.4, 0.5) is 13.2 Å². The predicted octanol–water partition coefficient (Wildman–Crippen LogP) is 5.25. The Morgan fingerprint density at radius 2 is 1.69 bits per heavy atom. The van der Waals surface area contributed by atoms with Crippen molar-refractivity contribution in [2.45, 2.75) is 39.1 Å². The average molecular weight is 565 g/mol. The van der Waals surface area contributed by atoms with Crippen LogP contribution in [0.15, 0.2) is 53.5 Å². The molecule has 2 N–H and O–H groups in total. The standard InChI is InChI=1S/C23H30F3N3O2.HI/c1-4-27-22(28-13-17(2)20-7-5-6-8-21(20)30-3)29-14-18-9-11-19(12-10-18)15-31-16-23(24,25)26;/h5-12,17H,4,13-16H2,1-3H3,(H2,27,28,29);1H. The normalized spacial score (nSPS) is 12.6. The SMILES string of the molecule is CCNC(=NCc1ccc(COCC(F)(F)F)cc1)NCC(C)c1ccccc1OC.I. The van der Waals surface area contributed by atoms with Gasteiger partial charge in [-0.3, -0.25) is 0 Å². The molecule has 0 aromatic heterocycles. The first-order valence-electron chi connectivity index (χ1n) is 10.2. The van der Waals surface area contributed by atoms with Gasteiger partial charge in [0.15, 0.2) is 5.96 Å². The van der Waals surface area contributed by atoms with Crippen LogP contribution >= 0.6 is 24.0 Å². The second-order valence-corrected chi connectivity index (χ2v) is 7.14. The smallest absolute Gasteiger partial charge is 0.411 e. The second kappa shape index (κ2) is 14.2. The van der Waals surface area contributed by atoms with Crippen molar-refractivity contribution in [1.82, 2.24) is 10.6 Å². The van der Waals surface area contributed by atoms with E-state index >= 15 is 0 Å². The van der Waals surface area contributed by atoms with E-state index in [4.69, 9.17) is 4.74 Å². The molecule has 2 aromatic rings. The van der Waals surface area contributed by atoms with E-state index in [0.717, 1.165) is 23.4 Å². The summed E-state index contributed by atoms with van der Waals surface area (Å²) in [5.41, 5.74) is 2.76. The van der Waals surface area contributed by atoms with Gasteiger partial charge in [-0.25, -0.2) is 4.99 Å². The van der Waals surface area contributed by atoms with E-state index in [2.05, 4.69) is 33.4 Å². The van der Waals surface area contributed by atoms with Crippen LogP contribution in [0.3, 0.4) is 0 Å². The van der Waals surface area contributed by atoms with Gasteiger partial charge in [0.05, 0.1) is 20.3 Å². The molecule has 0 bridgehead atoms. The highest BCUT2D eigenvalue weighted by Crippen LogP contribution is 2.25. The summed E-state index contributed by atoms with van der Waals surface area (Å²) < 4.78 is 46.6. The number of rotatable bonds is 10. The van der Waals surface area contributed by atoms with Crippen molar-refractivity contribution in [2.75, 3.05) is 26.8 Å². The number of hydrogen-bond donors (Lipinski definition) is 2. The number of nitrogens with zero attached hydrogens (tertiary/aromatic N) is 1. The van der Waals surface area contributed by atoms with Gasteiger partial charge in [-0.15, -0.1) is 24.0 Å². The lowest BCUT2D eigenvalue weighted by atomic mass is 10.0. The Morgan fingerprint density at radius 3 is 2.31 bits per heavy atom. The minimum atomic E-state index is -4.31. The van der Waals surface area contributed by atoms with Crippen LogP contribution in [0.1, 0.15) is 36.5 Å². The maximum absolute atomic E-state index is 12.2. The molecule has 0 aliphatic rings. The number of ether oxygens (including phenoxy) is 2. The molecule has 1 unspecified atom stereocenters. The molecule has 0 fully saturated rings. The molecule has 1 atom stereocenters. The van der Waals surface area contributed by atoms with Gasteiger partial charge >= 0.3 is 6.18 Å². The zero-order valence-corrected chi connectivity index (χ0v) is 20.9. The van der Waals surface area contributed by atoms with Crippen molar-refractivity contribution in [3.63, 3.8) is 0 Å². The number of aliphatic imine (C=N–C) groups is 1. The van der Waals surface area contributed by atoms with Crippen LogP contribution in [-0.2, 0) is 17.9 Å². The Bertz CT molecular complexity index is 830. The van der Waals surface area contributed by atoms with Crippen LogP contribution in [0.2, 0.25) is 0 Å². The number of methoxy groups -OCH3 is 1. The van der Waals surface area contributed by atoms with E-state index in [-0.39, 0.29) is 36.5 Å². The molecule has 9 heteroatoms.